The van der Waals surface area contributed by atoms with Crippen molar-refractivity contribution in [2.24, 2.45) is 40.4 Å². The Kier molecular flexibility index (Phi) is 3.78. The van der Waals surface area contributed by atoms with E-state index in [1.165, 1.54) is 38.5 Å². The lowest BCUT2D eigenvalue weighted by Gasteiger charge is -2.61. The molecule has 0 saturated heterocycles. The van der Waals surface area contributed by atoms with Gasteiger partial charge in [0.15, 0.2) is 0 Å². The van der Waals surface area contributed by atoms with Gasteiger partial charge >= 0.3 is 0 Å². The lowest BCUT2D eigenvalue weighted by Crippen LogP contribution is -2.55. The molecule has 2 nitrogen and oxygen atoms in total. The number of fused-ring (bicyclic) bond motifs is 5. The Hall–Kier alpha value is -0.370. The van der Waals surface area contributed by atoms with Crippen LogP contribution in [0.2, 0.25) is 0 Å². The number of aliphatic hydroxyl groups is 1. The minimum Gasteiger partial charge on any atom is -0.390 e. The summed E-state index contributed by atoms with van der Waals surface area (Å²) in [5.41, 5.74) is 0.268. The van der Waals surface area contributed by atoms with Crippen molar-refractivity contribution >= 4 is 5.78 Å². The van der Waals surface area contributed by atoms with Gasteiger partial charge in [0, 0.05) is 5.92 Å². The van der Waals surface area contributed by atoms with E-state index in [1.807, 2.05) is 13.8 Å². The molecule has 0 aromatic heterocycles. The van der Waals surface area contributed by atoms with Crippen LogP contribution in [-0.4, -0.2) is 16.5 Å². The van der Waals surface area contributed by atoms with Gasteiger partial charge in [0.2, 0.25) is 0 Å². The minimum atomic E-state index is -0.437. The van der Waals surface area contributed by atoms with Crippen LogP contribution in [0.15, 0.2) is 0 Å². The molecule has 4 rings (SSSR count). The average Bonchev–Trinajstić information content (AvgIpc) is 2.85. The van der Waals surface area contributed by atoms with Crippen LogP contribution in [-0.2, 0) is 4.79 Å². The first-order valence-corrected chi connectivity index (χ1v) is 10.4. The lowest BCUT2D eigenvalue weighted by molar-refractivity contribution is -0.150. The normalized spacial score (nSPS) is 57.0. The summed E-state index contributed by atoms with van der Waals surface area (Å²) in [7, 11) is 0. The third-order valence-corrected chi connectivity index (χ3v) is 9.44. The first kappa shape index (κ1) is 17.1. The van der Waals surface area contributed by atoms with Gasteiger partial charge in [-0.3, -0.25) is 4.79 Å². The standard InChI is InChI=1S/C22H36O2/c1-14(23)17-7-8-18-16-6-5-15-13-20(2,24)11-12-21(15,3)19(16)9-10-22(17,18)4/h15-19,24H,5-13H2,1-4H3/t15-,16-,17+,18+,19-,20+,21-,22+/m0/s1. The Morgan fingerprint density at radius 3 is 2.29 bits per heavy atom. The van der Waals surface area contributed by atoms with Crippen LogP contribution in [0.25, 0.3) is 0 Å². The monoisotopic (exact) mass is 332 g/mol. The number of carbonyl (C=O) groups is 1. The Labute approximate surface area is 147 Å². The molecule has 2 heteroatoms. The molecule has 0 radical (unpaired) electrons. The zero-order valence-corrected chi connectivity index (χ0v) is 16.1. The maximum atomic E-state index is 12.2. The highest BCUT2D eigenvalue weighted by Crippen LogP contribution is 2.68. The van der Waals surface area contributed by atoms with Crippen LogP contribution < -0.4 is 0 Å². The molecule has 1 N–H and O–H groups in total. The van der Waals surface area contributed by atoms with Gasteiger partial charge < -0.3 is 5.11 Å². The van der Waals surface area contributed by atoms with Crippen molar-refractivity contribution in [2.75, 3.05) is 0 Å². The molecule has 4 saturated carbocycles. The summed E-state index contributed by atoms with van der Waals surface area (Å²) < 4.78 is 0. The Morgan fingerprint density at radius 1 is 0.875 bits per heavy atom. The highest BCUT2D eigenvalue weighted by atomic mass is 16.3. The van der Waals surface area contributed by atoms with Gasteiger partial charge in [-0.15, -0.1) is 0 Å². The number of hydrogen-bond donors (Lipinski definition) is 1. The van der Waals surface area contributed by atoms with E-state index < -0.39 is 5.60 Å². The molecule has 136 valence electrons. The second kappa shape index (κ2) is 5.32. The molecule has 0 heterocycles. The van der Waals surface area contributed by atoms with Crippen LogP contribution in [0.1, 0.15) is 85.5 Å². The number of hydrogen-bond acceptors (Lipinski definition) is 2. The summed E-state index contributed by atoms with van der Waals surface area (Å²) in [6.07, 6.45) is 10.8. The summed E-state index contributed by atoms with van der Waals surface area (Å²) in [5, 5.41) is 10.6. The lowest BCUT2D eigenvalue weighted by atomic mass is 9.44. The van der Waals surface area contributed by atoms with Gasteiger partial charge in [-0.2, -0.15) is 0 Å². The quantitative estimate of drug-likeness (QED) is 0.735. The van der Waals surface area contributed by atoms with Crippen LogP contribution in [0, 0.1) is 40.4 Å². The summed E-state index contributed by atoms with van der Waals surface area (Å²) in [5.74, 6) is 3.89. The zero-order valence-electron chi connectivity index (χ0n) is 16.1. The molecule has 4 aliphatic rings. The second-order valence-electron chi connectivity index (χ2n) is 10.6. The van der Waals surface area contributed by atoms with E-state index in [9.17, 15) is 9.90 Å². The van der Waals surface area contributed by atoms with E-state index in [4.69, 9.17) is 0 Å². The molecule has 0 amide bonds. The molecular formula is C22H36O2. The van der Waals surface area contributed by atoms with E-state index in [0.717, 1.165) is 37.0 Å². The minimum absolute atomic E-state index is 0.274. The molecule has 0 aliphatic heterocycles. The molecule has 0 aromatic rings. The molecule has 24 heavy (non-hydrogen) atoms. The first-order valence-electron chi connectivity index (χ1n) is 10.4. The molecule has 0 spiro atoms. The van der Waals surface area contributed by atoms with Crippen molar-refractivity contribution in [3.8, 4) is 0 Å². The van der Waals surface area contributed by atoms with E-state index in [0.29, 0.717) is 23.0 Å². The third-order valence-electron chi connectivity index (χ3n) is 9.44. The van der Waals surface area contributed by atoms with Crippen molar-refractivity contribution in [1.82, 2.24) is 0 Å². The smallest absolute Gasteiger partial charge is 0.133 e. The van der Waals surface area contributed by atoms with Gasteiger partial charge in [0.1, 0.15) is 5.78 Å². The predicted octanol–water partition coefficient (Wildman–Crippen LogP) is 4.99. The maximum absolute atomic E-state index is 12.2. The first-order chi connectivity index (χ1) is 11.2. The molecular weight excluding hydrogens is 296 g/mol. The highest BCUT2D eigenvalue weighted by molar-refractivity contribution is 5.79. The maximum Gasteiger partial charge on any atom is 0.133 e. The van der Waals surface area contributed by atoms with Crippen molar-refractivity contribution in [3.05, 3.63) is 0 Å². The summed E-state index contributed by atoms with van der Waals surface area (Å²) in [4.78, 5) is 12.2. The van der Waals surface area contributed by atoms with Crippen LogP contribution >= 0.6 is 0 Å². The van der Waals surface area contributed by atoms with Gasteiger partial charge in [-0.1, -0.05) is 13.8 Å². The van der Waals surface area contributed by atoms with Crippen LogP contribution in [0.3, 0.4) is 0 Å². The van der Waals surface area contributed by atoms with Crippen molar-refractivity contribution in [1.29, 1.82) is 0 Å². The Bertz CT molecular complexity index is 538. The van der Waals surface area contributed by atoms with Crippen LogP contribution in [0.4, 0.5) is 0 Å². The van der Waals surface area contributed by atoms with Crippen LogP contribution in [0.5, 0.6) is 0 Å². The highest BCUT2D eigenvalue weighted by Gasteiger charge is 2.61. The SMILES string of the molecule is CC(=O)[C@H]1CC[C@@H]2[C@@H]3CC[C@H]4C[C@](C)(O)CC[C@]4(C)[C@H]3CC[C@]12C. The topological polar surface area (TPSA) is 37.3 Å². The molecule has 0 unspecified atom stereocenters. The van der Waals surface area contributed by atoms with E-state index in [2.05, 4.69) is 13.8 Å². The molecule has 4 fully saturated rings. The fraction of sp³-hybridized carbons (Fsp3) is 0.955. The van der Waals surface area contributed by atoms with Gasteiger partial charge in [-0.05, 0) is 106 Å². The fourth-order valence-corrected chi connectivity index (χ4v) is 8.10. The summed E-state index contributed by atoms with van der Waals surface area (Å²) >= 11 is 0. The van der Waals surface area contributed by atoms with E-state index in [-0.39, 0.29) is 5.41 Å². The van der Waals surface area contributed by atoms with Crippen molar-refractivity contribution < 1.29 is 9.90 Å². The third kappa shape index (κ3) is 2.27. The van der Waals surface area contributed by atoms with Gasteiger partial charge in [0.25, 0.3) is 0 Å². The van der Waals surface area contributed by atoms with E-state index >= 15 is 0 Å². The molecule has 4 aliphatic carbocycles. The van der Waals surface area contributed by atoms with Gasteiger partial charge in [-0.25, -0.2) is 0 Å². The number of carbonyl (C=O) groups excluding carboxylic acids is 1. The predicted molar refractivity (Wildman–Crippen MR) is 96.5 cm³/mol. The second-order valence-corrected chi connectivity index (χ2v) is 10.6. The largest absolute Gasteiger partial charge is 0.390 e. The number of rotatable bonds is 1. The Balaban J connectivity index is 1.61. The summed E-state index contributed by atoms with van der Waals surface area (Å²) in [6.45, 7) is 8.85. The number of ketones is 1. The average molecular weight is 333 g/mol. The Morgan fingerprint density at radius 2 is 1.58 bits per heavy atom. The number of Topliss-reactive ketones (excluding diaryl/α,β-unsaturated/α-hetero) is 1. The summed E-state index contributed by atoms with van der Waals surface area (Å²) in [6, 6.07) is 0. The molecule has 8 atom stereocenters. The fourth-order valence-electron chi connectivity index (χ4n) is 8.10. The van der Waals surface area contributed by atoms with Gasteiger partial charge in [0.05, 0.1) is 5.60 Å². The molecule has 0 bridgehead atoms. The molecule has 0 aromatic carbocycles. The zero-order chi connectivity index (χ0) is 17.3. The van der Waals surface area contributed by atoms with Crippen molar-refractivity contribution in [3.63, 3.8) is 0 Å². The van der Waals surface area contributed by atoms with E-state index in [1.54, 1.807) is 0 Å². The van der Waals surface area contributed by atoms with Crippen molar-refractivity contribution in [2.45, 2.75) is 91.1 Å².